The van der Waals surface area contributed by atoms with E-state index in [1.165, 1.54) is 107 Å². The molecule has 1 heterocycles. The number of aliphatic hydroxyl groups excluding tert-OH is 1. The fourth-order valence-electron chi connectivity index (χ4n) is 4.49. The van der Waals surface area contributed by atoms with Crippen molar-refractivity contribution in [1.29, 1.82) is 0 Å². The zero-order valence-corrected chi connectivity index (χ0v) is 22.4. The zero-order valence-electron chi connectivity index (χ0n) is 21.6. The quantitative estimate of drug-likeness (QED) is 0.161. The van der Waals surface area contributed by atoms with Gasteiger partial charge in [-0.1, -0.05) is 107 Å². The van der Waals surface area contributed by atoms with Crippen molar-refractivity contribution in [2.75, 3.05) is 6.61 Å². The number of aromatic amines is 1. The van der Waals surface area contributed by atoms with Crippen LogP contribution in [0.2, 0.25) is 0 Å². The molecular formula is C30H49ClN2O. The Balaban J connectivity index is 0.00000578. The van der Waals surface area contributed by atoms with Gasteiger partial charge in [0.1, 0.15) is 18.4 Å². The van der Waals surface area contributed by atoms with Crippen LogP contribution in [0, 0.1) is 0 Å². The predicted molar refractivity (Wildman–Crippen MR) is 140 cm³/mol. The smallest absolute Gasteiger partial charge is 0.258 e. The first kappa shape index (κ1) is 30.5. The van der Waals surface area contributed by atoms with Crippen LogP contribution in [-0.2, 0) is 19.4 Å². The van der Waals surface area contributed by atoms with Crippen LogP contribution in [0.3, 0.4) is 0 Å². The Morgan fingerprint density at radius 1 is 0.794 bits per heavy atom. The second-order valence-corrected chi connectivity index (χ2v) is 9.49. The molecule has 2 aromatic rings. The third-order valence-electron chi connectivity index (χ3n) is 6.48. The summed E-state index contributed by atoms with van der Waals surface area (Å²) >= 11 is 0. The summed E-state index contributed by atoms with van der Waals surface area (Å²) in [6.45, 7) is 3.12. The fourth-order valence-corrected chi connectivity index (χ4v) is 4.49. The average molecular weight is 489 g/mol. The summed E-state index contributed by atoms with van der Waals surface area (Å²) in [5.41, 5.74) is 2.60. The van der Waals surface area contributed by atoms with Gasteiger partial charge in [-0.05, 0) is 37.7 Å². The maximum atomic E-state index is 9.41. The Kier molecular flexibility index (Phi) is 18.6. The number of aromatic nitrogens is 2. The third-order valence-corrected chi connectivity index (χ3v) is 6.48. The average Bonchev–Trinajstić information content (AvgIpc) is 3.20. The number of unbranched alkanes of at least 4 members (excludes halogenated alkanes) is 12. The molecule has 0 aliphatic carbocycles. The highest BCUT2D eigenvalue weighted by molar-refractivity contribution is 5.18. The Labute approximate surface area is 215 Å². The normalized spacial score (nSPS) is 11.2. The largest absolute Gasteiger partial charge is 1.00 e. The van der Waals surface area contributed by atoms with Crippen LogP contribution < -0.4 is 17.0 Å². The number of aryl methyl sites for hydroxylation is 1. The van der Waals surface area contributed by atoms with Crippen molar-refractivity contribution in [3.63, 3.8) is 0 Å². The topological polar surface area (TPSA) is 39.9 Å². The van der Waals surface area contributed by atoms with Gasteiger partial charge >= 0.3 is 0 Å². The molecule has 4 heteroatoms. The van der Waals surface area contributed by atoms with E-state index in [2.05, 4.69) is 65.2 Å². The lowest BCUT2D eigenvalue weighted by Gasteiger charge is -2.00. The molecule has 34 heavy (non-hydrogen) atoms. The molecule has 0 spiro atoms. The van der Waals surface area contributed by atoms with Gasteiger partial charge in [-0.15, -0.1) is 0 Å². The molecule has 0 aliphatic heterocycles. The van der Waals surface area contributed by atoms with E-state index in [-0.39, 0.29) is 19.0 Å². The molecule has 0 saturated carbocycles. The van der Waals surface area contributed by atoms with Crippen molar-refractivity contribution in [3.8, 4) is 0 Å². The number of rotatable bonds is 20. The van der Waals surface area contributed by atoms with Crippen LogP contribution in [0.5, 0.6) is 0 Å². The lowest BCUT2D eigenvalue weighted by molar-refractivity contribution is -0.703. The molecule has 0 amide bonds. The van der Waals surface area contributed by atoms with Crippen LogP contribution in [-0.4, -0.2) is 16.7 Å². The molecule has 0 fully saturated rings. The van der Waals surface area contributed by atoms with Crippen LogP contribution in [0.25, 0.3) is 0 Å². The molecule has 0 atom stereocenters. The molecule has 1 aromatic heterocycles. The molecule has 2 rings (SSSR count). The highest BCUT2D eigenvalue weighted by Gasteiger charge is 2.15. The van der Waals surface area contributed by atoms with E-state index in [9.17, 15) is 5.11 Å². The van der Waals surface area contributed by atoms with Gasteiger partial charge in [0.25, 0.3) is 5.82 Å². The van der Waals surface area contributed by atoms with Gasteiger partial charge in [0.2, 0.25) is 0 Å². The van der Waals surface area contributed by atoms with E-state index < -0.39 is 0 Å². The molecule has 0 saturated heterocycles. The monoisotopic (exact) mass is 488 g/mol. The first-order chi connectivity index (χ1) is 16.3. The highest BCUT2D eigenvalue weighted by Crippen LogP contribution is 2.12. The Hall–Kier alpha value is -1.58. The van der Waals surface area contributed by atoms with Gasteiger partial charge < -0.3 is 17.5 Å². The minimum absolute atomic E-state index is 0. The van der Waals surface area contributed by atoms with Crippen molar-refractivity contribution in [2.45, 2.75) is 116 Å². The molecular weight excluding hydrogens is 440 g/mol. The van der Waals surface area contributed by atoms with Gasteiger partial charge in [-0.3, -0.25) is 0 Å². The Morgan fingerprint density at radius 3 is 2.00 bits per heavy atom. The minimum atomic E-state index is 0. The van der Waals surface area contributed by atoms with Crippen molar-refractivity contribution in [2.24, 2.45) is 0 Å². The molecule has 0 aliphatic rings. The SMILES string of the molecule is CCCCCCCC/C=C\CCCCCCCCc1c[n+](CCO)c(Cc2ccccc2)[nH]1.[Cl-]. The Bertz CT molecular complexity index is 742. The van der Waals surface area contributed by atoms with Crippen LogP contribution in [0.1, 0.15) is 114 Å². The first-order valence-electron chi connectivity index (χ1n) is 13.7. The maximum absolute atomic E-state index is 9.41. The van der Waals surface area contributed by atoms with Crippen molar-refractivity contribution < 1.29 is 22.1 Å². The number of benzene rings is 1. The number of nitrogens with zero attached hydrogens (tertiary/aromatic N) is 1. The van der Waals surface area contributed by atoms with E-state index in [1.807, 2.05) is 0 Å². The summed E-state index contributed by atoms with van der Waals surface area (Å²) in [7, 11) is 0. The van der Waals surface area contributed by atoms with Crippen molar-refractivity contribution in [1.82, 2.24) is 4.98 Å². The van der Waals surface area contributed by atoms with E-state index in [0.717, 1.165) is 12.8 Å². The number of imidazole rings is 1. The van der Waals surface area contributed by atoms with E-state index in [1.54, 1.807) is 0 Å². The molecule has 0 bridgehead atoms. The summed E-state index contributed by atoms with van der Waals surface area (Å²) in [4.78, 5) is 3.61. The second kappa shape index (κ2) is 20.8. The lowest BCUT2D eigenvalue weighted by Crippen LogP contribution is -3.00. The van der Waals surface area contributed by atoms with Gasteiger partial charge in [0, 0.05) is 6.42 Å². The summed E-state index contributed by atoms with van der Waals surface area (Å²) in [6.07, 6.45) is 27.8. The fraction of sp³-hybridized carbons (Fsp3) is 0.633. The standard InChI is InChI=1S/C30H48N2O.ClH/c1-2-3-4-5-6-7-8-9-10-11-12-13-14-15-16-20-23-29-27-32(24-25-33)30(31-29)26-28-21-18-17-19-22-28;/h9-10,17-19,21-22,27,33H,2-8,11-16,20,23-26H2,1H3;1H/b10-9-;. The van der Waals surface area contributed by atoms with Crippen molar-refractivity contribution in [3.05, 3.63) is 65.8 Å². The molecule has 2 N–H and O–H groups in total. The van der Waals surface area contributed by atoms with Crippen LogP contribution in [0.15, 0.2) is 48.7 Å². The number of hydrogen-bond acceptors (Lipinski definition) is 1. The van der Waals surface area contributed by atoms with Crippen LogP contribution in [0.4, 0.5) is 0 Å². The first-order valence-corrected chi connectivity index (χ1v) is 13.7. The summed E-state index contributed by atoms with van der Waals surface area (Å²) in [5.74, 6) is 1.19. The van der Waals surface area contributed by atoms with Crippen molar-refractivity contribution >= 4 is 0 Å². The molecule has 1 aromatic carbocycles. The molecule has 0 radical (unpaired) electrons. The second-order valence-electron chi connectivity index (χ2n) is 9.49. The summed E-state index contributed by atoms with van der Waals surface area (Å²) in [6, 6.07) is 10.6. The lowest BCUT2D eigenvalue weighted by atomic mass is 10.1. The molecule has 0 unspecified atom stereocenters. The van der Waals surface area contributed by atoms with Gasteiger partial charge in [-0.2, -0.15) is 0 Å². The highest BCUT2D eigenvalue weighted by atomic mass is 35.5. The van der Waals surface area contributed by atoms with Gasteiger partial charge in [0.05, 0.1) is 13.0 Å². The Morgan fingerprint density at radius 2 is 1.38 bits per heavy atom. The zero-order chi connectivity index (χ0) is 23.4. The molecule has 3 nitrogen and oxygen atoms in total. The minimum Gasteiger partial charge on any atom is -1.00 e. The van der Waals surface area contributed by atoms with Gasteiger partial charge in [0.15, 0.2) is 0 Å². The number of halogens is 1. The van der Waals surface area contributed by atoms with Gasteiger partial charge in [-0.25, -0.2) is 9.55 Å². The van der Waals surface area contributed by atoms with E-state index >= 15 is 0 Å². The molecule has 192 valence electrons. The summed E-state index contributed by atoms with van der Waals surface area (Å²) < 4.78 is 2.18. The maximum Gasteiger partial charge on any atom is 0.258 e. The van der Waals surface area contributed by atoms with E-state index in [4.69, 9.17) is 0 Å². The van der Waals surface area contributed by atoms with Crippen LogP contribution >= 0.6 is 0 Å². The third kappa shape index (κ3) is 14.0. The number of aliphatic hydroxyl groups is 1. The number of nitrogens with one attached hydrogen (secondary N) is 1. The number of allylic oxidation sites excluding steroid dienone is 2. The predicted octanol–water partition coefficient (Wildman–Crippen LogP) is 4.47. The number of H-pyrrole nitrogens is 1. The number of hydrogen-bond donors (Lipinski definition) is 2. The summed E-state index contributed by atoms with van der Waals surface area (Å²) in [5, 5.41) is 9.41. The van der Waals surface area contributed by atoms with E-state index in [0.29, 0.717) is 6.54 Å².